The van der Waals surface area contributed by atoms with Crippen LogP contribution in [0.15, 0.2) is 12.8 Å². The van der Waals surface area contributed by atoms with Crippen molar-refractivity contribution in [1.29, 1.82) is 0 Å². The van der Waals surface area contributed by atoms with E-state index in [9.17, 15) is 9.59 Å². The fourth-order valence-corrected chi connectivity index (χ4v) is 0.750. The third-order valence-corrected chi connectivity index (χ3v) is 1.40. The second-order valence-electron chi connectivity index (χ2n) is 2.78. The predicted molar refractivity (Wildman–Crippen MR) is 46.1 cm³/mol. The second-order valence-corrected chi connectivity index (χ2v) is 2.78. The van der Waals surface area contributed by atoms with Crippen molar-refractivity contribution in [1.82, 2.24) is 5.32 Å². The molecule has 0 heterocycles. The number of carboxylic acids is 1. The van der Waals surface area contributed by atoms with E-state index >= 15 is 0 Å². The number of carbonyl (C=O) groups is 2. The first-order chi connectivity index (χ1) is 5.99. The van der Waals surface area contributed by atoms with E-state index in [2.05, 4.69) is 16.6 Å². The van der Waals surface area contributed by atoms with Gasteiger partial charge in [0, 0.05) is 0 Å². The molecule has 0 rings (SSSR count). The Hall–Kier alpha value is -1.52. The maximum absolute atomic E-state index is 10.8. The lowest BCUT2D eigenvalue weighted by Crippen LogP contribution is -2.44. The SMILES string of the molecule is C=COC(=O)N[C@H](C(=O)O)C(C)C. The predicted octanol–water partition coefficient (Wildman–Crippen LogP) is 0.965. The normalized spacial score (nSPS) is 11.9. The summed E-state index contributed by atoms with van der Waals surface area (Å²) in [5.74, 6) is -1.29. The molecule has 5 nitrogen and oxygen atoms in total. The number of carboxylic acid groups (broad SMARTS) is 1. The lowest BCUT2D eigenvalue weighted by Gasteiger charge is -2.16. The third-order valence-electron chi connectivity index (χ3n) is 1.40. The minimum Gasteiger partial charge on any atom is -0.480 e. The smallest absolute Gasteiger partial charge is 0.412 e. The second kappa shape index (κ2) is 5.18. The Bertz CT molecular complexity index is 212. The molecule has 0 bridgehead atoms. The van der Waals surface area contributed by atoms with Crippen LogP contribution in [0.1, 0.15) is 13.8 Å². The van der Waals surface area contributed by atoms with Crippen molar-refractivity contribution in [3.8, 4) is 0 Å². The topological polar surface area (TPSA) is 75.6 Å². The maximum atomic E-state index is 10.8. The molecular formula is C8H13NO4. The molecule has 0 fully saturated rings. The van der Waals surface area contributed by atoms with Crippen LogP contribution in [-0.4, -0.2) is 23.2 Å². The monoisotopic (exact) mass is 187 g/mol. The molecule has 0 radical (unpaired) electrons. The molecule has 2 N–H and O–H groups in total. The van der Waals surface area contributed by atoms with E-state index in [0.717, 1.165) is 6.26 Å². The summed E-state index contributed by atoms with van der Waals surface area (Å²) in [5.41, 5.74) is 0. The Morgan fingerprint density at radius 3 is 2.38 bits per heavy atom. The average molecular weight is 187 g/mol. The fraction of sp³-hybridized carbons (Fsp3) is 0.500. The number of hydrogen-bond acceptors (Lipinski definition) is 3. The number of ether oxygens (including phenoxy) is 1. The van der Waals surface area contributed by atoms with Crippen LogP contribution < -0.4 is 5.32 Å². The van der Waals surface area contributed by atoms with Gasteiger partial charge in [-0.2, -0.15) is 0 Å². The fourth-order valence-electron chi connectivity index (χ4n) is 0.750. The molecule has 1 atom stereocenters. The summed E-state index contributed by atoms with van der Waals surface area (Å²) in [7, 11) is 0. The Morgan fingerprint density at radius 2 is 2.08 bits per heavy atom. The zero-order valence-electron chi connectivity index (χ0n) is 7.61. The first-order valence-electron chi connectivity index (χ1n) is 3.80. The Balaban J connectivity index is 4.18. The van der Waals surface area contributed by atoms with Crippen LogP contribution >= 0.6 is 0 Å². The highest BCUT2D eigenvalue weighted by Crippen LogP contribution is 2.01. The zero-order valence-corrected chi connectivity index (χ0v) is 7.61. The molecule has 0 aromatic carbocycles. The first kappa shape index (κ1) is 11.5. The van der Waals surface area contributed by atoms with Crippen LogP contribution in [0.3, 0.4) is 0 Å². The van der Waals surface area contributed by atoms with Crippen LogP contribution in [-0.2, 0) is 9.53 Å². The molecule has 0 aliphatic carbocycles. The zero-order chi connectivity index (χ0) is 10.4. The van der Waals surface area contributed by atoms with Crippen LogP contribution in [0.2, 0.25) is 0 Å². The van der Waals surface area contributed by atoms with Crippen molar-refractivity contribution in [2.45, 2.75) is 19.9 Å². The lowest BCUT2D eigenvalue weighted by atomic mass is 10.1. The van der Waals surface area contributed by atoms with Gasteiger partial charge in [-0.1, -0.05) is 20.4 Å². The maximum Gasteiger partial charge on any atom is 0.412 e. The standard InChI is InChI=1S/C8H13NO4/c1-4-13-8(12)9-6(5(2)3)7(10)11/h4-6H,1H2,2-3H3,(H,9,12)(H,10,11)/t6-/m0/s1. The quantitative estimate of drug-likeness (QED) is 0.643. The van der Waals surface area contributed by atoms with Gasteiger partial charge in [-0.3, -0.25) is 0 Å². The van der Waals surface area contributed by atoms with Gasteiger partial charge in [-0.15, -0.1) is 0 Å². The van der Waals surface area contributed by atoms with Crippen molar-refractivity contribution in [3.63, 3.8) is 0 Å². The molecule has 0 aliphatic heterocycles. The van der Waals surface area contributed by atoms with Gasteiger partial charge in [-0.05, 0) is 5.92 Å². The van der Waals surface area contributed by atoms with Gasteiger partial charge >= 0.3 is 12.1 Å². The van der Waals surface area contributed by atoms with E-state index < -0.39 is 18.1 Å². The molecule has 0 unspecified atom stereocenters. The number of aliphatic carboxylic acids is 1. The van der Waals surface area contributed by atoms with Gasteiger partial charge in [-0.25, -0.2) is 9.59 Å². The number of nitrogens with one attached hydrogen (secondary N) is 1. The van der Waals surface area contributed by atoms with Gasteiger partial charge in [0.2, 0.25) is 0 Å². The lowest BCUT2D eigenvalue weighted by molar-refractivity contribution is -0.140. The van der Waals surface area contributed by atoms with E-state index in [1.165, 1.54) is 0 Å². The van der Waals surface area contributed by atoms with Crippen molar-refractivity contribution >= 4 is 12.1 Å². The molecule has 0 saturated carbocycles. The average Bonchev–Trinajstić information content (AvgIpc) is 1.99. The van der Waals surface area contributed by atoms with Crippen molar-refractivity contribution in [2.24, 2.45) is 5.92 Å². The van der Waals surface area contributed by atoms with Gasteiger partial charge in [0.25, 0.3) is 0 Å². The van der Waals surface area contributed by atoms with Crippen LogP contribution in [0, 0.1) is 5.92 Å². The molecule has 74 valence electrons. The molecule has 0 aromatic rings. The summed E-state index contributed by atoms with van der Waals surface area (Å²) in [4.78, 5) is 21.4. The van der Waals surface area contributed by atoms with E-state index in [-0.39, 0.29) is 5.92 Å². The Morgan fingerprint density at radius 1 is 1.54 bits per heavy atom. The van der Waals surface area contributed by atoms with Crippen LogP contribution in [0.5, 0.6) is 0 Å². The van der Waals surface area contributed by atoms with E-state index in [1.807, 2.05) is 0 Å². The molecule has 0 aromatic heterocycles. The minimum absolute atomic E-state index is 0.199. The van der Waals surface area contributed by atoms with Crippen LogP contribution in [0.25, 0.3) is 0 Å². The van der Waals surface area contributed by atoms with Gasteiger partial charge in [0.05, 0.1) is 6.26 Å². The Kier molecular flexibility index (Phi) is 4.58. The van der Waals surface area contributed by atoms with Crippen molar-refractivity contribution < 1.29 is 19.4 Å². The number of carbonyl (C=O) groups excluding carboxylic acids is 1. The van der Waals surface area contributed by atoms with E-state index in [4.69, 9.17) is 5.11 Å². The van der Waals surface area contributed by atoms with Crippen molar-refractivity contribution in [2.75, 3.05) is 0 Å². The Labute approximate surface area is 76.4 Å². The van der Waals surface area contributed by atoms with E-state index in [1.54, 1.807) is 13.8 Å². The van der Waals surface area contributed by atoms with E-state index in [0.29, 0.717) is 0 Å². The van der Waals surface area contributed by atoms with Crippen LogP contribution in [0.4, 0.5) is 4.79 Å². The molecule has 13 heavy (non-hydrogen) atoms. The molecule has 0 saturated heterocycles. The first-order valence-corrected chi connectivity index (χ1v) is 3.80. The molecular weight excluding hydrogens is 174 g/mol. The highest BCUT2D eigenvalue weighted by Gasteiger charge is 2.23. The number of alkyl carbamates (subject to hydrolysis) is 1. The van der Waals surface area contributed by atoms with Gasteiger partial charge in [0.1, 0.15) is 6.04 Å². The summed E-state index contributed by atoms with van der Waals surface area (Å²) < 4.78 is 4.32. The largest absolute Gasteiger partial charge is 0.480 e. The molecule has 0 aliphatic rings. The van der Waals surface area contributed by atoms with Gasteiger partial charge in [0.15, 0.2) is 0 Å². The van der Waals surface area contributed by atoms with Gasteiger partial charge < -0.3 is 15.2 Å². The molecule has 0 spiro atoms. The molecule has 5 heteroatoms. The third kappa shape index (κ3) is 4.15. The highest BCUT2D eigenvalue weighted by atomic mass is 16.5. The summed E-state index contributed by atoms with van der Waals surface area (Å²) in [6.45, 7) is 6.54. The summed E-state index contributed by atoms with van der Waals surface area (Å²) in [6, 6.07) is -0.938. The number of amides is 1. The summed E-state index contributed by atoms with van der Waals surface area (Å²) >= 11 is 0. The number of hydrogen-bond donors (Lipinski definition) is 2. The summed E-state index contributed by atoms with van der Waals surface area (Å²) in [5, 5.41) is 10.8. The number of rotatable bonds is 4. The minimum atomic E-state index is -1.09. The summed E-state index contributed by atoms with van der Waals surface area (Å²) in [6.07, 6.45) is 0.130. The molecule has 1 amide bonds. The van der Waals surface area contributed by atoms with Crippen molar-refractivity contribution in [3.05, 3.63) is 12.8 Å². The highest BCUT2D eigenvalue weighted by molar-refractivity contribution is 5.80.